The Morgan fingerprint density at radius 2 is 1.63 bits per heavy atom. The molecule has 1 heterocycles. The first kappa shape index (κ1) is 20.0. The van der Waals surface area contributed by atoms with Gasteiger partial charge in [0, 0.05) is 16.2 Å². The number of anilines is 1. The van der Waals surface area contributed by atoms with Gasteiger partial charge in [0.25, 0.3) is 5.91 Å². The maximum absolute atomic E-state index is 13.3. The minimum atomic E-state index is -1.37. The van der Waals surface area contributed by atoms with Gasteiger partial charge in [0.15, 0.2) is 0 Å². The molecule has 0 aliphatic carbocycles. The van der Waals surface area contributed by atoms with Gasteiger partial charge < -0.3 is 9.90 Å². The lowest BCUT2D eigenvalue weighted by Crippen LogP contribution is -2.26. The van der Waals surface area contributed by atoms with Gasteiger partial charge >= 0.3 is 0 Å². The zero-order valence-corrected chi connectivity index (χ0v) is 17.0. The van der Waals surface area contributed by atoms with E-state index in [1.807, 2.05) is 42.5 Å². The average Bonchev–Trinajstić information content (AvgIpc) is 3.06. The zero-order valence-electron chi connectivity index (χ0n) is 15.5. The monoisotopic (exact) mass is 434 g/mol. The number of rotatable bonds is 4. The molecule has 0 saturated heterocycles. The first-order valence-electron chi connectivity index (χ1n) is 9.04. The number of amides is 1. The molecule has 6 heteroatoms. The summed E-state index contributed by atoms with van der Waals surface area (Å²) in [5.74, 6) is -1.62. The Hall–Kier alpha value is -3.34. The molecule has 0 fully saturated rings. The van der Waals surface area contributed by atoms with Crippen LogP contribution in [-0.4, -0.2) is 11.9 Å². The summed E-state index contributed by atoms with van der Waals surface area (Å²) in [4.78, 5) is 26.0. The third-order valence-electron chi connectivity index (χ3n) is 4.68. The van der Waals surface area contributed by atoms with Gasteiger partial charge in [-0.2, -0.15) is 0 Å². The van der Waals surface area contributed by atoms with Crippen LogP contribution in [0.1, 0.15) is 21.5 Å². The van der Waals surface area contributed by atoms with Gasteiger partial charge in [0.1, 0.15) is 0 Å². The van der Waals surface area contributed by atoms with E-state index in [4.69, 9.17) is 23.2 Å². The second-order valence-electron chi connectivity index (χ2n) is 6.64. The lowest BCUT2D eigenvalue weighted by molar-refractivity contribution is -0.255. The molecule has 0 N–H and O–H groups in total. The molecular weight excluding hydrogens is 421 g/mol. The van der Waals surface area contributed by atoms with E-state index in [1.165, 1.54) is 23.1 Å². The lowest BCUT2D eigenvalue weighted by Gasteiger charge is -2.22. The second-order valence-corrected chi connectivity index (χ2v) is 7.48. The van der Waals surface area contributed by atoms with Gasteiger partial charge in [0.2, 0.25) is 0 Å². The standard InChI is InChI=1S/C24H15Cl2NO3/c25-18-8-6-15(7-9-18)12-17-13-22(16-4-2-1-3-5-16)27(23(17)28)19-10-11-20(24(29)30)21(26)14-19/h1-14H,(H,29,30)/p-1/b17-12-. The molecular formula is C24H14Cl2NO3-. The normalized spacial score (nSPS) is 14.9. The number of carbonyl (C=O) groups excluding carboxylic acids is 2. The van der Waals surface area contributed by atoms with Crippen molar-refractivity contribution in [2.45, 2.75) is 0 Å². The van der Waals surface area contributed by atoms with E-state index in [0.717, 1.165) is 11.1 Å². The van der Waals surface area contributed by atoms with Gasteiger partial charge in [-0.25, -0.2) is 0 Å². The van der Waals surface area contributed by atoms with Crippen LogP contribution in [0.3, 0.4) is 0 Å². The average molecular weight is 435 g/mol. The van der Waals surface area contributed by atoms with Crippen molar-refractivity contribution >= 4 is 52.5 Å². The Bertz CT molecular complexity index is 1200. The topological polar surface area (TPSA) is 60.4 Å². The number of halogens is 2. The van der Waals surface area contributed by atoms with Crippen LogP contribution >= 0.6 is 23.2 Å². The van der Waals surface area contributed by atoms with Crippen LogP contribution in [0.4, 0.5) is 5.69 Å². The molecule has 148 valence electrons. The number of carbonyl (C=O) groups is 2. The number of hydrogen-bond donors (Lipinski definition) is 0. The van der Waals surface area contributed by atoms with Gasteiger partial charge in [0.05, 0.1) is 22.4 Å². The van der Waals surface area contributed by atoms with Crippen LogP contribution in [0, 0.1) is 0 Å². The fraction of sp³-hybridized carbons (Fsp3) is 0. The van der Waals surface area contributed by atoms with Gasteiger partial charge in [-0.1, -0.05) is 65.7 Å². The molecule has 0 unspecified atom stereocenters. The van der Waals surface area contributed by atoms with Gasteiger partial charge in [-0.15, -0.1) is 0 Å². The number of carboxylic acid groups (broad SMARTS) is 1. The van der Waals surface area contributed by atoms with E-state index in [1.54, 1.807) is 24.3 Å². The number of aromatic carboxylic acids is 1. The predicted octanol–water partition coefficient (Wildman–Crippen LogP) is 4.83. The summed E-state index contributed by atoms with van der Waals surface area (Å²) < 4.78 is 0. The first-order chi connectivity index (χ1) is 14.4. The molecule has 1 amide bonds. The summed E-state index contributed by atoms with van der Waals surface area (Å²) in [6, 6.07) is 20.9. The summed E-state index contributed by atoms with van der Waals surface area (Å²) in [5, 5.41) is 11.8. The fourth-order valence-electron chi connectivity index (χ4n) is 3.24. The lowest BCUT2D eigenvalue weighted by atomic mass is 10.1. The summed E-state index contributed by atoms with van der Waals surface area (Å²) in [7, 11) is 0. The Kier molecular flexibility index (Phi) is 5.44. The Morgan fingerprint density at radius 1 is 0.933 bits per heavy atom. The first-order valence-corrected chi connectivity index (χ1v) is 9.79. The summed E-state index contributed by atoms with van der Waals surface area (Å²) >= 11 is 12.1. The van der Waals surface area contributed by atoms with Crippen molar-refractivity contribution in [1.82, 2.24) is 0 Å². The Labute approximate surface area is 183 Å². The van der Waals surface area contributed by atoms with Crippen LogP contribution in [0.5, 0.6) is 0 Å². The molecule has 30 heavy (non-hydrogen) atoms. The maximum atomic E-state index is 13.3. The number of carboxylic acids is 1. The van der Waals surface area contributed by atoms with E-state index >= 15 is 0 Å². The largest absolute Gasteiger partial charge is 0.545 e. The molecule has 1 aliphatic rings. The Balaban J connectivity index is 1.81. The van der Waals surface area contributed by atoms with E-state index in [2.05, 4.69) is 0 Å². The maximum Gasteiger partial charge on any atom is 0.262 e. The molecule has 0 radical (unpaired) electrons. The second kappa shape index (κ2) is 8.19. The van der Waals surface area contributed by atoms with Crippen LogP contribution in [-0.2, 0) is 4.79 Å². The van der Waals surface area contributed by atoms with E-state index < -0.39 is 5.97 Å². The quantitative estimate of drug-likeness (QED) is 0.552. The molecule has 0 atom stereocenters. The van der Waals surface area contributed by atoms with Gasteiger partial charge in [-0.3, -0.25) is 9.69 Å². The smallest absolute Gasteiger partial charge is 0.262 e. The van der Waals surface area contributed by atoms with E-state index in [-0.39, 0.29) is 16.5 Å². The van der Waals surface area contributed by atoms with Crippen molar-refractivity contribution in [3.8, 4) is 0 Å². The summed E-state index contributed by atoms with van der Waals surface area (Å²) in [5.41, 5.74) is 3.15. The van der Waals surface area contributed by atoms with Crippen LogP contribution in [0.15, 0.2) is 84.4 Å². The highest BCUT2D eigenvalue weighted by Crippen LogP contribution is 2.36. The van der Waals surface area contributed by atoms with E-state index in [0.29, 0.717) is 22.0 Å². The number of benzene rings is 3. The SMILES string of the molecule is O=C([O-])c1ccc(N2C(=O)/C(=C\c3ccc(Cl)cc3)C=C2c2ccccc2)cc1Cl. The molecule has 0 saturated carbocycles. The predicted molar refractivity (Wildman–Crippen MR) is 117 cm³/mol. The minimum absolute atomic E-state index is 0.00263. The van der Waals surface area contributed by atoms with E-state index in [9.17, 15) is 14.7 Å². The highest BCUT2D eigenvalue weighted by Gasteiger charge is 2.30. The molecule has 3 aromatic carbocycles. The third kappa shape index (κ3) is 3.88. The van der Waals surface area contributed by atoms with Crippen LogP contribution in [0.25, 0.3) is 11.8 Å². The summed E-state index contributed by atoms with van der Waals surface area (Å²) in [6.45, 7) is 0. The minimum Gasteiger partial charge on any atom is -0.545 e. The highest BCUT2D eigenvalue weighted by atomic mass is 35.5. The van der Waals surface area contributed by atoms with Crippen molar-refractivity contribution in [1.29, 1.82) is 0 Å². The molecule has 4 rings (SSSR count). The van der Waals surface area contributed by atoms with Crippen molar-refractivity contribution in [3.63, 3.8) is 0 Å². The summed E-state index contributed by atoms with van der Waals surface area (Å²) in [6.07, 6.45) is 3.57. The fourth-order valence-corrected chi connectivity index (χ4v) is 3.62. The molecule has 1 aliphatic heterocycles. The zero-order chi connectivity index (χ0) is 21.3. The van der Waals surface area contributed by atoms with Crippen molar-refractivity contribution in [3.05, 3.63) is 111 Å². The van der Waals surface area contributed by atoms with Crippen LogP contribution < -0.4 is 10.0 Å². The Morgan fingerprint density at radius 3 is 2.27 bits per heavy atom. The molecule has 0 spiro atoms. The molecule has 0 aromatic heterocycles. The third-order valence-corrected chi connectivity index (χ3v) is 5.24. The van der Waals surface area contributed by atoms with Crippen molar-refractivity contribution < 1.29 is 14.7 Å². The highest BCUT2D eigenvalue weighted by molar-refractivity contribution is 6.34. The number of hydrogen-bond acceptors (Lipinski definition) is 3. The number of nitrogens with zero attached hydrogens (tertiary/aromatic N) is 1. The molecule has 3 aromatic rings. The van der Waals surface area contributed by atoms with Crippen molar-refractivity contribution in [2.75, 3.05) is 4.90 Å². The van der Waals surface area contributed by atoms with Crippen molar-refractivity contribution in [2.24, 2.45) is 0 Å². The van der Waals surface area contributed by atoms with Crippen LogP contribution in [0.2, 0.25) is 10.0 Å². The van der Waals surface area contributed by atoms with Gasteiger partial charge in [-0.05, 0) is 53.6 Å². The molecule has 4 nitrogen and oxygen atoms in total. The molecule has 0 bridgehead atoms.